The van der Waals surface area contributed by atoms with Gasteiger partial charge in [0.25, 0.3) is 0 Å². The first kappa shape index (κ1) is 20.0. The Morgan fingerprint density at radius 3 is 2.81 bits per heavy atom. The number of aromatic nitrogens is 2. The normalized spacial score (nSPS) is 17.7. The van der Waals surface area contributed by atoms with Crippen molar-refractivity contribution in [1.82, 2.24) is 14.9 Å². The maximum absolute atomic E-state index is 11.2. The first-order chi connectivity index (χ1) is 15.1. The number of hydrogen-bond donors (Lipinski definition) is 3. The summed E-state index contributed by atoms with van der Waals surface area (Å²) >= 11 is 0. The zero-order valence-electron chi connectivity index (χ0n) is 17.4. The Hall–Kier alpha value is -2.93. The number of aliphatic hydroxyl groups is 2. The molecule has 0 radical (unpaired) electrons. The Balaban J connectivity index is 1.17. The van der Waals surface area contributed by atoms with Gasteiger partial charge in [0.15, 0.2) is 0 Å². The van der Waals surface area contributed by atoms with E-state index in [1.54, 1.807) is 6.20 Å². The smallest absolute Gasteiger partial charge is 0.128 e. The lowest BCUT2D eigenvalue weighted by Crippen LogP contribution is -2.46. The van der Waals surface area contributed by atoms with Crippen LogP contribution in [0.2, 0.25) is 0 Å². The van der Waals surface area contributed by atoms with Crippen molar-refractivity contribution in [3.05, 3.63) is 72.6 Å². The number of ether oxygens (including phenoxy) is 1. The predicted octanol–water partition coefficient (Wildman–Crippen LogP) is 3.44. The van der Waals surface area contributed by atoms with E-state index >= 15 is 0 Å². The molecule has 1 aliphatic heterocycles. The van der Waals surface area contributed by atoms with E-state index in [1.165, 1.54) is 0 Å². The summed E-state index contributed by atoms with van der Waals surface area (Å²) in [6.07, 6.45) is 4.31. The third-order valence-corrected chi connectivity index (χ3v) is 6.27. The van der Waals surface area contributed by atoms with Gasteiger partial charge in [0.2, 0.25) is 0 Å². The summed E-state index contributed by atoms with van der Waals surface area (Å²) in [6.45, 7) is 2.19. The zero-order chi connectivity index (χ0) is 21.3. The SMILES string of the molecule is O[C@H](COc1cccc2[nH]ccc12)CN1CCC(O)(c2cnc3ccccc3c2)CC1. The third kappa shape index (κ3) is 4.14. The van der Waals surface area contributed by atoms with Crippen molar-refractivity contribution in [3.63, 3.8) is 0 Å². The second-order valence-corrected chi connectivity index (χ2v) is 8.41. The topological polar surface area (TPSA) is 81.6 Å². The van der Waals surface area contributed by atoms with Gasteiger partial charge < -0.3 is 24.8 Å². The van der Waals surface area contributed by atoms with E-state index in [4.69, 9.17) is 4.74 Å². The van der Waals surface area contributed by atoms with E-state index < -0.39 is 11.7 Å². The number of benzene rings is 2. The minimum absolute atomic E-state index is 0.236. The van der Waals surface area contributed by atoms with Crippen LogP contribution in [0, 0.1) is 0 Å². The Kier molecular flexibility index (Phi) is 5.36. The van der Waals surface area contributed by atoms with Gasteiger partial charge in [-0.15, -0.1) is 0 Å². The molecule has 1 atom stereocenters. The van der Waals surface area contributed by atoms with Crippen LogP contribution in [0.25, 0.3) is 21.8 Å². The van der Waals surface area contributed by atoms with Gasteiger partial charge in [-0.05, 0) is 43.2 Å². The number of nitrogens with one attached hydrogen (secondary N) is 1. The molecule has 1 aliphatic rings. The molecular weight excluding hydrogens is 390 g/mol. The zero-order valence-corrected chi connectivity index (χ0v) is 17.4. The lowest BCUT2D eigenvalue weighted by atomic mass is 9.84. The number of hydrogen-bond acceptors (Lipinski definition) is 5. The van der Waals surface area contributed by atoms with E-state index in [2.05, 4.69) is 14.9 Å². The molecule has 1 saturated heterocycles. The lowest BCUT2D eigenvalue weighted by molar-refractivity contribution is -0.0373. The highest BCUT2D eigenvalue weighted by Crippen LogP contribution is 2.33. The number of rotatable bonds is 6. The van der Waals surface area contributed by atoms with E-state index in [0.29, 0.717) is 32.5 Å². The van der Waals surface area contributed by atoms with Crippen LogP contribution in [0.15, 0.2) is 67.0 Å². The minimum atomic E-state index is -0.876. The summed E-state index contributed by atoms with van der Waals surface area (Å²) < 4.78 is 5.88. The van der Waals surface area contributed by atoms with Gasteiger partial charge in [-0.1, -0.05) is 24.3 Å². The van der Waals surface area contributed by atoms with Gasteiger partial charge in [-0.2, -0.15) is 0 Å². The first-order valence-corrected chi connectivity index (χ1v) is 10.8. The number of piperidine rings is 1. The van der Waals surface area contributed by atoms with Crippen molar-refractivity contribution in [2.45, 2.75) is 24.5 Å². The molecule has 0 saturated carbocycles. The molecule has 31 heavy (non-hydrogen) atoms. The average molecular weight is 418 g/mol. The summed E-state index contributed by atoms with van der Waals surface area (Å²) in [5, 5.41) is 23.8. The molecule has 2 aromatic heterocycles. The predicted molar refractivity (Wildman–Crippen MR) is 121 cm³/mol. The summed E-state index contributed by atoms with van der Waals surface area (Å²) in [4.78, 5) is 9.86. The first-order valence-electron chi connectivity index (χ1n) is 10.8. The van der Waals surface area contributed by atoms with Crippen molar-refractivity contribution < 1.29 is 14.9 Å². The highest BCUT2D eigenvalue weighted by Gasteiger charge is 2.34. The van der Waals surface area contributed by atoms with Gasteiger partial charge in [-0.25, -0.2) is 0 Å². The molecule has 4 aromatic rings. The standard InChI is InChI=1S/C25H27N3O3/c29-20(17-31-24-7-3-6-23-21(24)8-11-26-23)16-28-12-9-25(30,10-13-28)19-14-18-4-1-2-5-22(18)27-15-19/h1-8,11,14-15,20,26,29-30H,9-10,12-13,16-17H2/t20-/m0/s1. The monoisotopic (exact) mass is 417 g/mol. The van der Waals surface area contributed by atoms with Crippen LogP contribution in [0.5, 0.6) is 5.75 Å². The summed E-state index contributed by atoms with van der Waals surface area (Å²) in [6, 6.07) is 17.8. The molecule has 0 bridgehead atoms. The number of likely N-dealkylation sites (tertiary alicyclic amines) is 1. The fourth-order valence-electron chi connectivity index (χ4n) is 4.44. The molecule has 1 fully saturated rings. The van der Waals surface area contributed by atoms with E-state index in [9.17, 15) is 10.2 Å². The Morgan fingerprint density at radius 2 is 1.94 bits per heavy atom. The van der Waals surface area contributed by atoms with Crippen molar-refractivity contribution >= 4 is 21.8 Å². The van der Waals surface area contributed by atoms with Crippen LogP contribution in [0.3, 0.4) is 0 Å². The highest BCUT2D eigenvalue weighted by molar-refractivity contribution is 5.85. The van der Waals surface area contributed by atoms with Crippen LogP contribution >= 0.6 is 0 Å². The maximum atomic E-state index is 11.2. The average Bonchev–Trinajstić information content (AvgIpc) is 3.28. The van der Waals surface area contributed by atoms with Crippen LogP contribution in [0.1, 0.15) is 18.4 Å². The van der Waals surface area contributed by atoms with Crippen LogP contribution in [-0.4, -0.2) is 57.4 Å². The van der Waals surface area contributed by atoms with Crippen molar-refractivity contribution in [3.8, 4) is 5.75 Å². The third-order valence-electron chi connectivity index (χ3n) is 6.27. The molecule has 5 rings (SSSR count). The highest BCUT2D eigenvalue weighted by atomic mass is 16.5. The maximum Gasteiger partial charge on any atom is 0.128 e. The quantitative estimate of drug-likeness (QED) is 0.448. The summed E-state index contributed by atoms with van der Waals surface area (Å²) in [5.74, 6) is 0.773. The molecular formula is C25H27N3O3. The van der Waals surface area contributed by atoms with Crippen LogP contribution in [-0.2, 0) is 5.60 Å². The van der Waals surface area contributed by atoms with E-state index in [-0.39, 0.29) is 6.61 Å². The van der Waals surface area contributed by atoms with Gasteiger partial charge in [0.05, 0.1) is 11.1 Å². The summed E-state index contributed by atoms with van der Waals surface area (Å²) in [7, 11) is 0. The number of H-pyrrole nitrogens is 1. The molecule has 0 amide bonds. The van der Waals surface area contributed by atoms with Gasteiger partial charge in [0.1, 0.15) is 18.5 Å². The minimum Gasteiger partial charge on any atom is -0.490 e. The largest absolute Gasteiger partial charge is 0.490 e. The second kappa shape index (κ2) is 8.30. The Bertz CT molecular complexity index is 1180. The van der Waals surface area contributed by atoms with Gasteiger partial charge in [0, 0.05) is 53.9 Å². The van der Waals surface area contributed by atoms with Gasteiger partial charge >= 0.3 is 0 Å². The molecule has 0 spiro atoms. The molecule has 160 valence electrons. The number of para-hydroxylation sites is 1. The van der Waals surface area contributed by atoms with Crippen LogP contribution < -0.4 is 4.74 Å². The number of fused-ring (bicyclic) bond motifs is 2. The number of nitrogens with zero attached hydrogens (tertiary/aromatic N) is 2. The molecule has 3 N–H and O–H groups in total. The molecule has 6 nitrogen and oxygen atoms in total. The molecule has 6 heteroatoms. The fourth-order valence-corrected chi connectivity index (χ4v) is 4.44. The molecule has 3 heterocycles. The lowest BCUT2D eigenvalue weighted by Gasteiger charge is -2.39. The molecule has 0 aliphatic carbocycles. The molecule has 2 aromatic carbocycles. The fraction of sp³-hybridized carbons (Fsp3) is 0.320. The number of pyridine rings is 1. The van der Waals surface area contributed by atoms with E-state index in [1.807, 2.05) is 60.8 Å². The van der Waals surface area contributed by atoms with Crippen molar-refractivity contribution in [2.24, 2.45) is 0 Å². The van der Waals surface area contributed by atoms with Crippen LogP contribution in [0.4, 0.5) is 0 Å². The van der Waals surface area contributed by atoms with E-state index in [0.717, 1.165) is 33.1 Å². The number of β-amino-alcohol motifs (C(OH)–C–C–N with tert-alkyl or cyclic N) is 1. The number of aromatic amines is 1. The Morgan fingerprint density at radius 1 is 1.10 bits per heavy atom. The summed E-state index contributed by atoms with van der Waals surface area (Å²) in [5.41, 5.74) is 1.95. The number of aliphatic hydroxyl groups excluding tert-OH is 1. The second-order valence-electron chi connectivity index (χ2n) is 8.41. The molecule has 0 unspecified atom stereocenters. The van der Waals surface area contributed by atoms with Crippen molar-refractivity contribution in [1.29, 1.82) is 0 Å². The van der Waals surface area contributed by atoms with Gasteiger partial charge in [-0.3, -0.25) is 4.98 Å². The van der Waals surface area contributed by atoms with Crippen molar-refractivity contribution in [2.75, 3.05) is 26.2 Å². The Labute approximate surface area is 181 Å².